The molecule has 6 atom stereocenters. The van der Waals surface area contributed by atoms with Crippen molar-refractivity contribution in [2.45, 2.75) is 58.3 Å². The number of aromatic nitrogens is 2. The van der Waals surface area contributed by atoms with Crippen LogP contribution >= 0.6 is 7.75 Å². The molecule has 1 aromatic carbocycles. The van der Waals surface area contributed by atoms with E-state index in [4.69, 9.17) is 29.0 Å². The zero-order valence-electron chi connectivity index (χ0n) is 23.2. The third-order valence-electron chi connectivity index (χ3n) is 6.30. The zero-order chi connectivity index (χ0) is 29.7. The van der Waals surface area contributed by atoms with Crippen molar-refractivity contribution < 1.29 is 42.1 Å². The third-order valence-corrected chi connectivity index (χ3v) is 7.94. The SMILES string of the molecule is CCOc1nc(N)nc2c1NCN2[C@@H]1O[C@H](COP(=O)(N[C@H](C)C(=O)OC(C)C)Oc2ccccc2)[C@@H](CF)[C@H]1O. The number of carbonyl (C=O) groups is 1. The summed E-state index contributed by atoms with van der Waals surface area (Å²) in [6.45, 7) is 5.71. The first-order chi connectivity index (χ1) is 19.5. The lowest BCUT2D eigenvalue weighted by molar-refractivity contribution is -0.149. The molecule has 0 amide bonds. The number of nitrogens with zero attached hydrogens (tertiary/aromatic N) is 3. The lowest BCUT2D eigenvalue weighted by Gasteiger charge is -2.27. The lowest BCUT2D eigenvalue weighted by Crippen LogP contribution is -2.43. The van der Waals surface area contributed by atoms with Crippen LogP contribution in [0.25, 0.3) is 0 Å². The van der Waals surface area contributed by atoms with Gasteiger partial charge in [-0.1, -0.05) is 18.2 Å². The van der Waals surface area contributed by atoms with Gasteiger partial charge in [0, 0.05) is 5.92 Å². The summed E-state index contributed by atoms with van der Waals surface area (Å²) in [6, 6.07) is 7.15. The maximum atomic E-state index is 14.2. The van der Waals surface area contributed by atoms with Crippen LogP contribution < -0.4 is 30.3 Å². The number of halogens is 1. The van der Waals surface area contributed by atoms with Gasteiger partial charge in [-0.05, 0) is 39.8 Å². The molecule has 16 heteroatoms. The maximum absolute atomic E-state index is 14.2. The minimum absolute atomic E-state index is 0.0505. The van der Waals surface area contributed by atoms with Gasteiger partial charge >= 0.3 is 13.7 Å². The highest BCUT2D eigenvalue weighted by atomic mass is 31.2. The number of hydrogen-bond donors (Lipinski definition) is 4. The summed E-state index contributed by atoms with van der Waals surface area (Å²) >= 11 is 0. The van der Waals surface area contributed by atoms with Crippen molar-refractivity contribution in [1.29, 1.82) is 0 Å². The number of hydrogen-bond acceptors (Lipinski definition) is 13. The number of benzene rings is 1. The fourth-order valence-corrected chi connectivity index (χ4v) is 5.91. The first kappa shape index (κ1) is 30.7. The van der Waals surface area contributed by atoms with E-state index in [9.17, 15) is 18.9 Å². The molecule has 226 valence electrons. The number of nitrogens with two attached hydrogens (primary N) is 1. The second-order valence-corrected chi connectivity index (χ2v) is 11.4. The van der Waals surface area contributed by atoms with Crippen LogP contribution in [0.4, 0.5) is 21.8 Å². The molecular weight excluding hydrogens is 562 g/mol. The molecule has 2 aliphatic rings. The van der Waals surface area contributed by atoms with Gasteiger partial charge in [-0.15, -0.1) is 0 Å². The summed E-state index contributed by atoms with van der Waals surface area (Å²) < 4.78 is 56.1. The number of anilines is 3. The monoisotopic (exact) mass is 598 g/mol. The van der Waals surface area contributed by atoms with Crippen molar-refractivity contribution in [3.63, 3.8) is 0 Å². The van der Waals surface area contributed by atoms with Gasteiger partial charge in [0.25, 0.3) is 0 Å². The van der Waals surface area contributed by atoms with Gasteiger partial charge in [0.2, 0.25) is 11.8 Å². The van der Waals surface area contributed by atoms with Gasteiger partial charge in [-0.2, -0.15) is 15.1 Å². The van der Waals surface area contributed by atoms with Crippen LogP contribution in [0.2, 0.25) is 0 Å². The number of esters is 1. The minimum Gasteiger partial charge on any atom is -0.476 e. The molecule has 0 spiro atoms. The van der Waals surface area contributed by atoms with Crippen LogP contribution in [0, 0.1) is 5.92 Å². The number of para-hydroxylation sites is 1. The van der Waals surface area contributed by atoms with E-state index in [0.29, 0.717) is 18.1 Å². The van der Waals surface area contributed by atoms with E-state index in [0.717, 1.165) is 0 Å². The number of aliphatic hydroxyl groups excluding tert-OH is 1. The Morgan fingerprint density at radius 1 is 1.32 bits per heavy atom. The minimum atomic E-state index is -4.24. The van der Waals surface area contributed by atoms with E-state index in [1.54, 1.807) is 56.0 Å². The Morgan fingerprint density at radius 3 is 2.71 bits per heavy atom. The number of fused-ring (bicyclic) bond motifs is 1. The molecule has 1 saturated heterocycles. The summed E-state index contributed by atoms with van der Waals surface area (Å²) in [6.07, 6.45) is -3.80. The first-order valence-electron chi connectivity index (χ1n) is 13.2. The van der Waals surface area contributed by atoms with Crippen molar-refractivity contribution in [2.75, 3.05) is 42.5 Å². The largest absolute Gasteiger partial charge is 0.476 e. The number of carbonyl (C=O) groups excluding carboxylic acids is 1. The second kappa shape index (κ2) is 13.2. The van der Waals surface area contributed by atoms with Crippen LogP contribution in [0.5, 0.6) is 11.6 Å². The second-order valence-electron chi connectivity index (χ2n) is 9.73. The molecule has 1 aromatic heterocycles. The van der Waals surface area contributed by atoms with Gasteiger partial charge in [0.1, 0.15) is 23.6 Å². The molecule has 3 heterocycles. The average Bonchev–Trinajstić information content (AvgIpc) is 3.47. The fraction of sp³-hybridized carbons (Fsp3) is 0.560. The number of ether oxygens (including phenoxy) is 3. The van der Waals surface area contributed by atoms with Crippen molar-refractivity contribution in [1.82, 2.24) is 15.1 Å². The summed E-state index contributed by atoms with van der Waals surface area (Å²) in [5.41, 5.74) is 6.32. The van der Waals surface area contributed by atoms with Crippen molar-refractivity contribution >= 4 is 31.2 Å². The molecule has 5 N–H and O–H groups in total. The van der Waals surface area contributed by atoms with Crippen molar-refractivity contribution in [3.05, 3.63) is 30.3 Å². The molecule has 14 nitrogen and oxygen atoms in total. The highest BCUT2D eigenvalue weighted by molar-refractivity contribution is 7.52. The van der Waals surface area contributed by atoms with E-state index in [1.807, 2.05) is 0 Å². The molecule has 1 unspecified atom stereocenters. The van der Waals surface area contributed by atoms with Gasteiger partial charge < -0.3 is 39.8 Å². The maximum Gasteiger partial charge on any atom is 0.459 e. The average molecular weight is 599 g/mol. The van der Waals surface area contributed by atoms with E-state index in [1.165, 1.54) is 6.92 Å². The van der Waals surface area contributed by atoms with Crippen molar-refractivity contribution in [3.8, 4) is 11.6 Å². The molecule has 0 aliphatic carbocycles. The normalized spacial score (nSPS) is 23.9. The Hall–Kier alpha value is -3.23. The smallest absolute Gasteiger partial charge is 0.459 e. The number of nitrogens with one attached hydrogen (secondary N) is 2. The summed E-state index contributed by atoms with van der Waals surface area (Å²) in [5, 5.41) is 16.7. The molecule has 0 radical (unpaired) electrons. The molecular formula is C25H36FN6O8P. The van der Waals surface area contributed by atoms with Gasteiger partial charge in [0.05, 0.1) is 38.8 Å². The lowest BCUT2D eigenvalue weighted by atomic mass is 10.00. The van der Waals surface area contributed by atoms with Gasteiger partial charge in [0.15, 0.2) is 12.0 Å². The Labute approximate surface area is 237 Å². The topological polar surface area (TPSA) is 180 Å². The fourth-order valence-electron chi connectivity index (χ4n) is 4.41. The molecule has 2 aromatic rings. The molecule has 4 rings (SSSR count). The zero-order valence-corrected chi connectivity index (χ0v) is 24.1. The standard InChI is InChI=1S/C25H36FN6O8P/c1-5-36-22-19-21(29-25(27)30-22)32(13-28-19)23-20(33)17(11-26)18(39-23)12-37-41(35,40-16-9-7-6-8-10-16)31-15(4)24(34)38-14(2)3/h6-10,14-15,17-18,20,23,28,33H,5,11-13H2,1-4H3,(H,31,35)(H2,27,29,30)/t15-,17-,18-,20-,23-,41?/m1/s1. The van der Waals surface area contributed by atoms with Crippen LogP contribution in [-0.2, 0) is 23.4 Å². The number of nitrogen functional groups attached to an aromatic ring is 1. The summed E-state index contributed by atoms with van der Waals surface area (Å²) in [5.74, 6) is -0.984. The number of aliphatic hydroxyl groups is 1. The van der Waals surface area contributed by atoms with Crippen LogP contribution in [0.3, 0.4) is 0 Å². The number of rotatable bonds is 13. The Morgan fingerprint density at radius 2 is 2.05 bits per heavy atom. The number of alkyl halides is 1. The van der Waals surface area contributed by atoms with E-state index < -0.39 is 63.5 Å². The molecule has 41 heavy (non-hydrogen) atoms. The van der Waals surface area contributed by atoms with E-state index in [-0.39, 0.29) is 24.2 Å². The van der Waals surface area contributed by atoms with Gasteiger partial charge in [-0.25, -0.2) is 4.57 Å². The quantitative estimate of drug-likeness (QED) is 0.195. The van der Waals surface area contributed by atoms with E-state index in [2.05, 4.69) is 20.4 Å². The summed E-state index contributed by atoms with van der Waals surface area (Å²) in [4.78, 5) is 22.3. The Bertz CT molecular complexity index is 1240. The highest BCUT2D eigenvalue weighted by Gasteiger charge is 2.49. The van der Waals surface area contributed by atoms with Gasteiger partial charge in [-0.3, -0.25) is 13.7 Å². The summed E-state index contributed by atoms with van der Waals surface area (Å²) in [7, 11) is -4.24. The Balaban J connectivity index is 1.51. The first-order valence-corrected chi connectivity index (χ1v) is 14.8. The highest BCUT2D eigenvalue weighted by Crippen LogP contribution is 2.47. The predicted molar refractivity (Wildman–Crippen MR) is 147 cm³/mol. The molecule has 2 aliphatic heterocycles. The van der Waals surface area contributed by atoms with E-state index >= 15 is 0 Å². The predicted octanol–water partition coefficient (Wildman–Crippen LogP) is 2.45. The molecule has 0 saturated carbocycles. The van der Waals surface area contributed by atoms with Crippen LogP contribution in [-0.4, -0.2) is 78.2 Å². The van der Waals surface area contributed by atoms with Crippen LogP contribution in [0.1, 0.15) is 27.7 Å². The molecule has 1 fully saturated rings. The Kier molecular flexibility index (Phi) is 9.87. The third kappa shape index (κ3) is 7.16. The van der Waals surface area contributed by atoms with Crippen LogP contribution in [0.15, 0.2) is 30.3 Å². The van der Waals surface area contributed by atoms with Crippen molar-refractivity contribution in [2.24, 2.45) is 5.92 Å². The molecule has 0 bridgehead atoms.